The van der Waals surface area contributed by atoms with Crippen molar-refractivity contribution in [2.24, 2.45) is 21.6 Å². The Hall–Kier alpha value is -7.47. The van der Waals surface area contributed by atoms with Gasteiger partial charge in [-0.1, -0.05) is 48.5 Å². The first-order valence-electron chi connectivity index (χ1n) is 19.9. The molecule has 0 spiro atoms. The van der Waals surface area contributed by atoms with Gasteiger partial charge in [0.15, 0.2) is 5.96 Å². The van der Waals surface area contributed by atoms with Crippen LogP contribution in [0, 0.1) is 0 Å². The molecule has 1 fully saturated rings. The summed E-state index contributed by atoms with van der Waals surface area (Å²) in [5.74, 6) is -6.15. The zero-order valence-electron chi connectivity index (χ0n) is 34.4. The topological polar surface area (TPSA) is 368 Å². The number of carboxylic acid groups (broad SMARTS) is 1. The third-order valence-electron chi connectivity index (χ3n) is 9.39. The van der Waals surface area contributed by atoms with Crippen molar-refractivity contribution in [2.75, 3.05) is 25.1 Å². The molecule has 3 aromatic rings. The van der Waals surface area contributed by atoms with Gasteiger partial charge in [-0.05, 0) is 55.9 Å². The number of unbranched alkanes of at least 4 members (excludes halogenated alkanes) is 1. The molecule has 6 amide bonds. The molecular weight excluding hydrogens is 857 g/mol. The number of hydrogen-bond acceptors (Lipinski definition) is 13. The Kier molecular flexibility index (Phi) is 18.6. The maximum atomic E-state index is 14.0. The summed E-state index contributed by atoms with van der Waals surface area (Å²) in [6, 6.07) is 11.8. The van der Waals surface area contributed by atoms with Crippen LogP contribution in [0.5, 0.6) is 0 Å². The molecule has 13 N–H and O–H groups in total. The molecule has 0 unspecified atom stereocenters. The lowest BCUT2D eigenvalue weighted by molar-refractivity contribution is -0.141. The number of pyridine rings is 1. The summed E-state index contributed by atoms with van der Waals surface area (Å²) in [5, 5.41) is 28.7. The van der Waals surface area contributed by atoms with E-state index in [2.05, 4.69) is 52.4 Å². The van der Waals surface area contributed by atoms with Gasteiger partial charge in [0.1, 0.15) is 34.9 Å². The van der Waals surface area contributed by atoms with E-state index in [0.717, 1.165) is 0 Å². The van der Waals surface area contributed by atoms with Crippen LogP contribution in [0.4, 0.5) is 5.82 Å². The predicted octanol–water partition coefficient (Wildman–Crippen LogP) is -1.49. The number of amides is 6. The number of hydrazone groups is 1. The van der Waals surface area contributed by atoms with E-state index < -0.39 is 88.7 Å². The van der Waals surface area contributed by atoms with Gasteiger partial charge in [-0.15, -0.1) is 0 Å². The number of nitrogens with zero attached hydrogens (tertiary/aromatic N) is 3. The number of guanidine groups is 1. The highest BCUT2D eigenvalue weighted by Crippen LogP contribution is 2.14. The monoisotopic (exact) mass is 906 g/mol. The van der Waals surface area contributed by atoms with Crippen molar-refractivity contribution in [3.05, 3.63) is 89.6 Å². The summed E-state index contributed by atoms with van der Waals surface area (Å²) in [6.45, 7) is -0.448. The first kappa shape index (κ1) is 49.2. The van der Waals surface area contributed by atoms with E-state index in [4.69, 9.17) is 11.5 Å². The molecule has 0 saturated carbocycles. The average molecular weight is 907 g/mol. The highest BCUT2D eigenvalue weighted by atomic mass is 32.2. The van der Waals surface area contributed by atoms with Gasteiger partial charge < -0.3 is 48.5 Å². The van der Waals surface area contributed by atoms with Crippen LogP contribution in [-0.4, -0.2) is 120 Å². The second-order valence-corrected chi connectivity index (χ2v) is 15.7. The lowest BCUT2D eigenvalue weighted by Gasteiger charge is -2.26. The van der Waals surface area contributed by atoms with Gasteiger partial charge in [-0.3, -0.25) is 48.5 Å². The highest BCUT2D eigenvalue weighted by Gasteiger charge is 2.33. The summed E-state index contributed by atoms with van der Waals surface area (Å²) >= 11 is 0. The Bertz CT molecular complexity index is 2310. The summed E-state index contributed by atoms with van der Waals surface area (Å²) in [5.41, 5.74) is 14.4. The van der Waals surface area contributed by atoms with Crippen molar-refractivity contribution in [2.45, 2.75) is 74.0 Å². The highest BCUT2D eigenvalue weighted by molar-refractivity contribution is 7.86. The van der Waals surface area contributed by atoms with Gasteiger partial charge in [-0.2, -0.15) is 13.5 Å². The minimum atomic E-state index is -4.48. The van der Waals surface area contributed by atoms with E-state index in [-0.39, 0.29) is 79.4 Å². The lowest BCUT2D eigenvalue weighted by atomic mass is 10.0. The summed E-state index contributed by atoms with van der Waals surface area (Å²) < 4.78 is 32.6. The van der Waals surface area contributed by atoms with Crippen molar-refractivity contribution in [3.63, 3.8) is 0 Å². The third kappa shape index (κ3) is 16.4. The van der Waals surface area contributed by atoms with Crippen LogP contribution < -0.4 is 48.8 Å². The van der Waals surface area contributed by atoms with Crippen LogP contribution in [0.15, 0.2) is 87.9 Å². The maximum absolute atomic E-state index is 14.0. The number of benzene rings is 2. The van der Waals surface area contributed by atoms with Crippen molar-refractivity contribution in [1.82, 2.24) is 36.9 Å². The molecule has 4 atom stereocenters. The molecule has 1 aliphatic rings. The number of aromatic nitrogens is 1. The van der Waals surface area contributed by atoms with Crippen LogP contribution in [0.25, 0.3) is 0 Å². The molecule has 2 aromatic carbocycles. The summed E-state index contributed by atoms with van der Waals surface area (Å²) in [6.07, 6.45) is 2.28. The molecule has 64 heavy (non-hydrogen) atoms. The van der Waals surface area contributed by atoms with Gasteiger partial charge in [-0.25, -0.2) is 4.98 Å². The number of nitrogens with two attached hydrogens (primary N) is 2. The van der Waals surface area contributed by atoms with Crippen molar-refractivity contribution < 1.29 is 51.6 Å². The molecule has 1 aromatic heterocycles. The summed E-state index contributed by atoms with van der Waals surface area (Å²) in [7, 11) is -4.48. The van der Waals surface area contributed by atoms with E-state index in [0.29, 0.717) is 5.56 Å². The van der Waals surface area contributed by atoms with Gasteiger partial charge in [0.05, 0.1) is 24.7 Å². The fourth-order valence-electron chi connectivity index (χ4n) is 6.20. The Morgan fingerprint density at radius 2 is 1.44 bits per heavy atom. The Labute approximate surface area is 367 Å². The molecule has 342 valence electrons. The average Bonchev–Trinajstić information content (AvgIpc) is 3.25. The van der Waals surface area contributed by atoms with Gasteiger partial charge >= 0.3 is 5.97 Å². The molecule has 0 bridgehead atoms. The molecule has 4 rings (SSSR count). The normalized spacial score (nSPS) is 18.8. The molecule has 24 heteroatoms. The number of nitrogens with one attached hydrogen (secondary N) is 7. The first-order chi connectivity index (χ1) is 30.5. The molecule has 1 aliphatic heterocycles. The lowest BCUT2D eigenvalue weighted by Crippen LogP contribution is -2.58. The molecule has 0 radical (unpaired) electrons. The number of carbonyl (C=O) groups is 7. The molecular formula is C40H50N12O11S. The fourth-order valence-corrected chi connectivity index (χ4v) is 6.87. The zero-order chi connectivity index (χ0) is 46.6. The molecule has 23 nitrogen and oxygen atoms in total. The van der Waals surface area contributed by atoms with Crippen molar-refractivity contribution in [1.29, 1.82) is 0 Å². The van der Waals surface area contributed by atoms with Crippen LogP contribution in [0.1, 0.15) is 60.0 Å². The SMILES string of the molecule is NC(N)=NCCC[C@@H]1NC(=O)[C@@H](Cc2ccccc2)NC(=O)[C@@H](CCCCNC(=O)c2ccc(N/N=C/c3ccccc3S(=O)(=O)O)nc2)NC(=O)[C@@H](CC(=O)O)NC(=O)CNC1=O. The third-order valence-corrected chi connectivity index (χ3v) is 10.3. The molecule has 2 heterocycles. The van der Waals surface area contributed by atoms with Gasteiger partial charge in [0.2, 0.25) is 29.5 Å². The van der Waals surface area contributed by atoms with E-state index >= 15 is 0 Å². The van der Waals surface area contributed by atoms with E-state index in [1.807, 2.05) is 0 Å². The number of carboxylic acids is 1. The Morgan fingerprint density at radius 1 is 0.797 bits per heavy atom. The number of rotatable bonds is 18. The maximum Gasteiger partial charge on any atom is 0.305 e. The number of carbonyl (C=O) groups excluding carboxylic acids is 6. The second kappa shape index (κ2) is 24.2. The van der Waals surface area contributed by atoms with Crippen LogP contribution >= 0.6 is 0 Å². The Balaban J connectivity index is 1.45. The standard InChI is InChI=1S/C40H50N12O11S/c41-40(42)44-18-8-13-27-36(57)46-23-33(53)48-30(20-34(54)55)39(60)50-28(37(58)51-29(38(59)49-27)19-24-9-2-1-3-10-24)12-6-7-17-43-35(56)26-15-16-32(45-21-26)52-47-22-25-11-4-5-14-31(25)64(61,62)63/h1-5,9-11,14-16,21-22,27-30H,6-8,12-13,17-20,23H2,(H,43,56)(H,45,52)(H,46,57)(H,48,53)(H,49,59)(H,50,60)(H,51,58)(H,54,55)(H4,41,42,44)(H,61,62,63)/b47-22+/t27-,28+,29+,30+/m0/s1. The van der Waals surface area contributed by atoms with Crippen molar-refractivity contribution in [3.8, 4) is 0 Å². The molecule has 0 aliphatic carbocycles. The number of hydrogen-bond donors (Lipinski definition) is 11. The number of anilines is 1. The zero-order valence-corrected chi connectivity index (χ0v) is 35.2. The largest absolute Gasteiger partial charge is 0.481 e. The quantitative estimate of drug-likeness (QED) is 0.0228. The van der Waals surface area contributed by atoms with E-state index in [1.165, 1.54) is 42.7 Å². The number of aliphatic imine (C=N–C) groups is 1. The van der Waals surface area contributed by atoms with Crippen LogP contribution in [-0.2, 0) is 45.3 Å². The fraction of sp³-hybridized carbons (Fsp3) is 0.350. The number of aliphatic carboxylic acids is 1. The van der Waals surface area contributed by atoms with Crippen LogP contribution in [0.3, 0.4) is 0 Å². The van der Waals surface area contributed by atoms with Gasteiger partial charge in [0, 0.05) is 31.3 Å². The Morgan fingerprint density at radius 3 is 2.11 bits per heavy atom. The predicted molar refractivity (Wildman–Crippen MR) is 231 cm³/mol. The summed E-state index contributed by atoms with van der Waals surface area (Å²) in [4.78, 5) is 99.8. The van der Waals surface area contributed by atoms with Crippen molar-refractivity contribution >= 4 is 69.5 Å². The van der Waals surface area contributed by atoms with Gasteiger partial charge in [0.25, 0.3) is 16.0 Å². The second-order valence-electron chi connectivity index (χ2n) is 14.3. The van der Waals surface area contributed by atoms with E-state index in [1.54, 1.807) is 36.4 Å². The first-order valence-corrected chi connectivity index (χ1v) is 21.3. The molecule has 1 saturated heterocycles. The minimum Gasteiger partial charge on any atom is -0.481 e. The smallest absolute Gasteiger partial charge is 0.305 e. The van der Waals surface area contributed by atoms with Crippen LogP contribution in [0.2, 0.25) is 0 Å². The minimum absolute atomic E-state index is 0.0246. The van der Waals surface area contributed by atoms with E-state index in [9.17, 15) is 51.6 Å².